The summed E-state index contributed by atoms with van der Waals surface area (Å²) in [7, 11) is 1.47. The molecule has 2 aromatic rings. The predicted molar refractivity (Wildman–Crippen MR) is 80.0 cm³/mol. The summed E-state index contributed by atoms with van der Waals surface area (Å²) < 4.78 is 5.20. The summed E-state index contributed by atoms with van der Waals surface area (Å²) in [6.45, 7) is 0. The number of hydrazone groups is 1. The zero-order valence-electron chi connectivity index (χ0n) is 11.6. The number of benzene rings is 2. The predicted octanol–water partition coefficient (Wildman–Crippen LogP) is 2.23. The molecule has 5 heteroatoms. The standard InChI is InChI=1S/C16H16N2O3/c1-21-15(13-5-3-2-4-6-13)16(20)18-17-11-12-7-9-14(19)10-8-12/h2-11,15,19H,1H3,(H,18,20)/b17-11+/t15-/m0/s1. The molecule has 0 bridgehead atoms. The third kappa shape index (κ3) is 4.15. The number of hydrogen-bond acceptors (Lipinski definition) is 4. The van der Waals surface area contributed by atoms with Gasteiger partial charge in [0.2, 0.25) is 0 Å². The Labute approximate surface area is 122 Å². The second-order valence-corrected chi connectivity index (χ2v) is 4.35. The molecule has 0 aliphatic heterocycles. The van der Waals surface area contributed by atoms with Crippen molar-refractivity contribution in [3.05, 3.63) is 65.7 Å². The van der Waals surface area contributed by atoms with E-state index in [9.17, 15) is 9.90 Å². The van der Waals surface area contributed by atoms with Gasteiger partial charge >= 0.3 is 0 Å². The zero-order valence-corrected chi connectivity index (χ0v) is 11.6. The Balaban J connectivity index is 1.98. The highest BCUT2D eigenvalue weighted by Gasteiger charge is 2.18. The number of hydrogen-bond donors (Lipinski definition) is 2. The maximum atomic E-state index is 12.0. The maximum Gasteiger partial charge on any atom is 0.273 e. The fourth-order valence-electron chi connectivity index (χ4n) is 1.81. The van der Waals surface area contributed by atoms with Crippen molar-refractivity contribution in [2.45, 2.75) is 6.10 Å². The largest absolute Gasteiger partial charge is 0.508 e. The molecule has 1 amide bonds. The molecule has 0 fully saturated rings. The number of ether oxygens (including phenoxy) is 1. The van der Waals surface area contributed by atoms with E-state index in [2.05, 4.69) is 10.5 Å². The average molecular weight is 284 g/mol. The zero-order chi connectivity index (χ0) is 15.1. The third-order valence-corrected chi connectivity index (χ3v) is 2.86. The van der Waals surface area contributed by atoms with E-state index in [1.165, 1.54) is 13.3 Å². The minimum absolute atomic E-state index is 0.180. The summed E-state index contributed by atoms with van der Waals surface area (Å²) in [6, 6.07) is 15.7. The number of phenolic OH excluding ortho intramolecular Hbond substituents is 1. The van der Waals surface area contributed by atoms with Crippen molar-refractivity contribution < 1.29 is 14.6 Å². The van der Waals surface area contributed by atoms with Gasteiger partial charge in [-0.3, -0.25) is 4.79 Å². The first kappa shape index (κ1) is 14.7. The van der Waals surface area contributed by atoms with Crippen LogP contribution in [0.15, 0.2) is 59.7 Å². The number of methoxy groups -OCH3 is 1. The Morgan fingerprint density at radius 2 is 1.86 bits per heavy atom. The molecule has 0 saturated carbocycles. The molecule has 0 spiro atoms. The number of phenols is 1. The number of amides is 1. The molecule has 21 heavy (non-hydrogen) atoms. The van der Waals surface area contributed by atoms with Gasteiger partial charge < -0.3 is 9.84 Å². The number of nitrogens with zero attached hydrogens (tertiary/aromatic N) is 1. The van der Waals surface area contributed by atoms with Crippen LogP contribution in [0.5, 0.6) is 5.75 Å². The van der Waals surface area contributed by atoms with E-state index in [0.717, 1.165) is 11.1 Å². The van der Waals surface area contributed by atoms with Crippen molar-refractivity contribution in [2.75, 3.05) is 7.11 Å². The van der Waals surface area contributed by atoms with Crippen LogP contribution in [0.1, 0.15) is 17.2 Å². The molecular formula is C16H16N2O3. The molecule has 0 heterocycles. The summed E-state index contributed by atoms with van der Waals surface area (Å²) in [6.07, 6.45) is 0.790. The average Bonchev–Trinajstić information content (AvgIpc) is 2.51. The fraction of sp³-hybridized carbons (Fsp3) is 0.125. The highest BCUT2D eigenvalue weighted by atomic mass is 16.5. The quantitative estimate of drug-likeness (QED) is 0.653. The molecule has 2 rings (SSSR count). The van der Waals surface area contributed by atoms with Crippen LogP contribution in [0.3, 0.4) is 0 Å². The van der Waals surface area contributed by atoms with Crippen molar-refractivity contribution in [3.63, 3.8) is 0 Å². The molecule has 0 aromatic heterocycles. The molecule has 2 aromatic carbocycles. The number of aromatic hydroxyl groups is 1. The molecule has 1 atom stereocenters. The van der Waals surface area contributed by atoms with Crippen LogP contribution in [0.4, 0.5) is 0 Å². The van der Waals surface area contributed by atoms with Crippen LogP contribution in [-0.2, 0) is 9.53 Å². The summed E-state index contributed by atoms with van der Waals surface area (Å²) in [5.41, 5.74) is 3.97. The summed E-state index contributed by atoms with van der Waals surface area (Å²) in [5.74, 6) is -0.168. The number of carbonyl (C=O) groups excluding carboxylic acids is 1. The van der Waals surface area contributed by atoms with E-state index in [1.807, 2.05) is 30.3 Å². The van der Waals surface area contributed by atoms with Crippen molar-refractivity contribution in [1.82, 2.24) is 5.43 Å². The Bertz CT molecular complexity index is 609. The van der Waals surface area contributed by atoms with Crippen molar-refractivity contribution in [1.29, 1.82) is 0 Å². The third-order valence-electron chi connectivity index (χ3n) is 2.86. The maximum absolute atomic E-state index is 12.0. The van der Waals surface area contributed by atoms with E-state index in [1.54, 1.807) is 24.3 Å². The van der Waals surface area contributed by atoms with Gasteiger partial charge in [0.1, 0.15) is 5.75 Å². The van der Waals surface area contributed by atoms with Gasteiger partial charge in [0.25, 0.3) is 5.91 Å². The van der Waals surface area contributed by atoms with E-state index in [0.29, 0.717) is 0 Å². The molecule has 2 N–H and O–H groups in total. The normalized spacial score (nSPS) is 12.2. The molecule has 0 radical (unpaired) electrons. The first-order valence-corrected chi connectivity index (χ1v) is 6.40. The highest BCUT2D eigenvalue weighted by molar-refractivity contribution is 5.85. The minimum Gasteiger partial charge on any atom is -0.508 e. The summed E-state index contributed by atoms with van der Waals surface area (Å²) in [4.78, 5) is 12.0. The number of carbonyl (C=O) groups is 1. The van der Waals surface area contributed by atoms with Gasteiger partial charge in [-0.15, -0.1) is 0 Å². The molecule has 0 aliphatic rings. The topological polar surface area (TPSA) is 70.9 Å². The Kier molecular flexibility index (Phi) is 5.06. The molecule has 0 unspecified atom stereocenters. The van der Waals surface area contributed by atoms with Crippen molar-refractivity contribution in [3.8, 4) is 5.75 Å². The van der Waals surface area contributed by atoms with Gasteiger partial charge in [-0.25, -0.2) is 5.43 Å². The van der Waals surface area contributed by atoms with E-state index in [-0.39, 0.29) is 11.7 Å². The SMILES string of the molecule is CO[C@H](C(=O)N/N=C/c1ccc(O)cc1)c1ccccc1. The molecule has 108 valence electrons. The number of nitrogens with one attached hydrogen (secondary N) is 1. The highest BCUT2D eigenvalue weighted by Crippen LogP contribution is 2.16. The Morgan fingerprint density at radius 1 is 1.19 bits per heavy atom. The van der Waals surface area contributed by atoms with Gasteiger partial charge in [0.05, 0.1) is 6.21 Å². The lowest BCUT2D eigenvalue weighted by Gasteiger charge is -2.13. The lowest BCUT2D eigenvalue weighted by Crippen LogP contribution is -2.26. The molecule has 0 aliphatic carbocycles. The minimum atomic E-state index is -0.705. The first-order valence-electron chi connectivity index (χ1n) is 6.40. The van der Waals surface area contributed by atoms with Crippen molar-refractivity contribution in [2.24, 2.45) is 5.10 Å². The van der Waals surface area contributed by atoms with Crippen LogP contribution in [-0.4, -0.2) is 24.3 Å². The molecule has 0 saturated heterocycles. The lowest BCUT2D eigenvalue weighted by molar-refractivity contribution is -0.131. The number of rotatable bonds is 5. The molecule has 5 nitrogen and oxygen atoms in total. The summed E-state index contributed by atoms with van der Waals surface area (Å²) in [5, 5.41) is 13.0. The molecular weight excluding hydrogens is 268 g/mol. The van der Waals surface area contributed by atoms with Gasteiger partial charge in [-0.2, -0.15) is 5.10 Å². The van der Waals surface area contributed by atoms with Crippen LogP contribution in [0, 0.1) is 0 Å². The fourth-order valence-corrected chi connectivity index (χ4v) is 1.81. The van der Waals surface area contributed by atoms with Crippen molar-refractivity contribution >= 4 is 12.1 Å². The second kappa shape index (κ2) is 7.21. The van der Waals surface area contributed by atoms with Crippen LogP contribution >= 0.6 is 0 Å². The van der Waals surface area contributed by atoms with E-state index < -0.39 is 6.10 Å². The smallest absolute Gasteiger partial charge is 0.273 e. The Morgan fingerprint density at radius 3 is 2.48 bits per heavy atom. The van der Waals surface area contributed by atoms with Crippen LogP contribution in [0.25, 0.3) is 0 Å². The monoisotopic (exact) mass is 284 g/mol. The first-order chi connectivity index (χ1) is 10.2. The van der Waals surface area contributed by atoms with Gasteiger partial charge in [0.15, 0.2) is 6.10 Å². The van der Waals surface area contributed by atoms with Gasteiger partial charge in [-0.1, -0.05) is 30.3 Å². The van der Waals surface area contributed by atoms with Gasteiger partial charge in [0, 0.05) is 7.11 Å². The summed E-state index contributed by atoms with van der Waals surface area (Å²) >= 11 is 0. The van der Waals surface area contributed by atoms with Crippen LogP contribution < -0.4 is 5.43 Å². The lowest BCUT2D eigenvalue weighted by atomic mass is 10.1. The van der Waals surface area contributed by atoms with Crippen LogP contribution in [0.2, 0.25) is 0 Å². The Hall–Kier alpha value is -2.66. The van der Waals surface area contributed by atoms with Gasteiger partial charge in [-0.05, 0) is 35.4 Å². The van der Waals surface area contributed by atoms with E-state index in [4.69, 9.17) is 4.74 Å². The van der Waals surface area contributed by atoms with E-state index >= 15 is 0 Å². The second-order valence-electron chi connectivity index (χ2n) is 4.35.